The summed E-state index contributed by atoms with van der Waals surface area (Å²) in [5.74, 6) is 2.30. The predicted octanol–water partition coefficient (Wildman–Crippen LogP) is 1.32. The number of carbonyl (C=O) groups excluding carboxylic acids is 1. The molecule has 0 saturated heterocycles. The van der Waals surface area contributed by atoms with Gasteiger partial charge in [-0.1, -0.05) is 6.92 Å². The molecule has 22 heavy (non-hydrogen) atoms. The van der Waals surface area contributed by atoms with Crippen LogP contribution in [0.25, 0.3) is 0 Å². The molecular formula is C14H23N7O. The zero-order valence-corrected chi connectivity index (χ0v) is 13.8. The molecule has 0 fully saturated rings. The number of aromatic nitrogens is 5. The first-order valence-corrected chi connectivity index (χ1v) is 7.37. The zero-order chi connectivity index (χ0) is 16.3. The molecule has 2 aromatic rings. The van der Waals surface area contributed by atoms with Crippen LogP contribution < -0.4 is 10.6 Å². The first-order valence-electron chi connectivity index (χ1n) is 7.37. The number of rotatable bonds is 5. The van der Waals surface area contributed by atoms with Gasteiger partial charge in [-0.2, -0.15) is 10.2 Å². The molecule has 0 radical (unpaired) electrons. The van der Waals surface area contributed by atoms with Crippen LogP contribution >= 0.6 is 0 Å². The summed E-state index contributed by atoms with van der Waals surface area (Å²) in [6, 6.07) is -0.247. The number of nitrogens with one attached hydrogen (secondary N) is 2. The van der Waals surface area contributed by atoms with E-state index >= 15 is 0 Å². The van der Waals surface area contributed by atoms with E-state index in [1.165, 1.54) is 0 Å². The Bertz CT molecular complexity index is 671. The maximum atomic E-state index is 12.0. The van der Waals surface area contributed by atoms with Crippen LogP contribution in [-0.2, 0) is 20.0 Å². The van der Waals surface area contributed by atoms with E-state index in [4.69, 9.17) is 0 Å². The van der Waals surface area contributed by atoms with Crippen molar-refractivity contribution >= 4 is 11.8 Å². The van der Waals surface area contributed by atoms with E-state index in [-0.39, 0.29) is 6.03 Å². The van der Waals surface area contributed by atoms with Gasteiger partial charge in [0.05, 0.1) is 12.2 Å². The lowest BCUT2D eigenvalue weighted by molar-refractivity contribution is 0.251. The summed E-state index contributed by atoms with van der Waals surface area (Å²) < 4.78 is 3.47. The van der Waals surface area contributed by atoms with Crippen molar-refractivity contribution in [3.8, 4) is 0 Å². The number of hydrogen-bond acceptors (Lipinski definition) is 4. The smallest absolute Gasteiger partial charge is 0.320 e. The quantitative estimate of drug-likeness (QED) is 0.872. The van der Waals surface area contributed by atoms with E-state index in [0.717, 1.165) is 35.1 Å². The van der Waals surface area contributed by atoms with Gasteiger partial charge in [-0.05, 0) is 27.2 Å². The molecule has 0 bridgehead atoms. The van der Waals surface area contributed by atoms with E-state index in [9.17, 15) is 4.79 Å². The van der Waals surface area contributed by atoms with Crippen LogP contribution in [0.3, 0.4) is 0 Å². The van der Waals surface area contributed by atoms with Gasteiger partial charge >= 0.3 is 6.03 Å². The summed E-state index contributed by atoms with van der Waals surface area (Å²) in [6.07, 6.45) is 0.841. The molecule has 0 aliphatic carbocycles. The fraction of sp³-hybridized carbons (Fsp3) is 0.571. The highest BCUT2D eigenvalue weighted by Gasteiger charge is 2.13. The van der Waals surface area contributed by atoms with Crippen LogP contribution in [0.1, 0.15) is 29.8 Å². The topological polar surface area (TPSA) is 89.7 Å². The Hall–Kier alpha value is -2.38. The van der Waals surface area contributed by atoms with Crippen LogP contribution in [0.15, 0.2) is 0 Å². The maximum Gasteiger partial charge on any atom is 0.320 e. The van der Waals surface area contributed by atoms with Gasteiger partial charge in [0.25, 0.3) is 0 Å². The van der Waals surface area contributed by atoms with Crippen molar-refractivity contribution in [2.45, 2.75) is 40.7 Å². The Balaban J connectivity index is 1.88. The average Bonchev–Trinajstić information content (AvgIpc) is 2.92. The maximum absolute atomic E-state index is 12.0. The fourth-order valence-electron chi connectivity index (χ4n) is 2.40. The van der Waals surface area contributed by atoms with Gasteiger partial charge in [0.2, 0.25) is 0 Å². The number of hydrogen-bond donors (Lipinski definition) is 2. The second kappa shape index (κ2) is 6.59. The summed E-state index contributed by atoms with van der Waals surface area (Å²) in [7, 11) is 1.82. The van der Waals surface area contributed by atoms with Gasteiger partial charge in [0.15, 0.2) is 0 Å². The highest BCUT2D eigenvalue weighted by Crippen LogP contribution is 2.17. The van der Waals surface area contributed by atoms with Gasteiger partial charge in [-0.3, -0.25) is 10.00 Å². The number of aryl methyl sites for hydroxylation is 4. The number of carbonyl (C=O) groups is 1. The Morgan fingerprint density at radius 3 is 2.50 bits per heavy atom. The Labute approximate surface area is 129 Å². The predicted molar refractivity (Wildman–Crippen MR) is 83.8 cm³/mol. The van der Waals surface area contributed by atoms with E-state index in [0.29, 0.717) is 13.1 Å². The van der Waals surface area contributed by atoms with Gasteiger partial charge in [0.1, 0.15) is 17.5 Å². The SMILES string of the molecule is CCc1nn(C)c(NC(=O)NCCn2nc(C)nc2C)c1C. The molecule has 0 unspecified atom stereocenters. The summed E-state index contributed by atoms with van der Waals surface area (Å²) >= 11 is 0. The van der Waals surface area contributed by atoms with Gasteiger partial charge in [-0.15, -0.1) is 0 Å². The van der Waals surface area contributed by atoms with Crippen LogP contribution in [0.4, 0.5) is 10.6 Å². The molecule has 2 rings (SSSR count). The van der Waals surface area contributed by atoms with E-state index in [2.05, 4.69) is 25.8 Å². The molecule has 0 aromatic carbocycles. The summed E-state index contributed by atoms with van der Waals surface area (Å²) in [4.78, 5) is 16.2. The number of amides is 2. The Morgan fingerprint density at radius 2 is 1.95 bits per heavy atom. The summed E-state index contributed by atoms with van der Waals surface area (Å²) in [6.45, 7) is 8.81. The third kappa shape index (κ3) is 3.44. The minimum Gasteiger partial charge on any atom is -0.336 e. The van der Waals surface area contributed by atoms with E-state index in [1.54, 1.807) is 9.36 Å². The first kappa shape index (κ1) is 16.0. The summed E-state index contributed by atoms with van der Waals surface area (Å²) in [5.41, 5.74) is 1.99. The standard InChI is InChI=1S/C14H23N7O/c1-6-12-9(2)13(20(5)19-12)17-14(22)15-7-8-21-11(4)16-10(3)18-21/h6-8H2,1-5H3,(H2,15,17,22). The van der Waals surface area contributed by atoms with Crippen molar-refractivity contribution in [3.63, 3.8) is 0 Å². The van der Waals surface area contributed by atoms with Crippen molar-refractivity contribution < 1.29 is 4.79 Å². The highest BCUT2D eigenvalue weighted by atomic mass is 16.2. The van der Waals surface area contributed by atoms with Gasteiger partial charge < -0.3 is 5.32 Å². The van der Waals surface area contributed by atoms with Crippen LogP contribution in [-0.4, -0.2) is 37.1 Å². The molecule has 0 aliphatic heterocycles. The van der Waals surface area contributed by atoms with Crippen molar-refractivity contribution in [2.24, 2.45) is 7.05 Å². The highest BCUT2D eigenvalue weighted by molar-refractivity contribution is 5.89. The molecule has 0 atom stereocenters. The molecule has 120 valence electrons. The van der Waals surface area contributed by atoms with Crippen molar-refractivity contribution in [2.75, 3.05) is 11.9 Å². The third-order valence-electron chi connectivity index (χ3n) is 3.52. The lowest BCUT2D eigenvalue weighted by Crippen LogP contribution is -2.32. The first-order chi connectivity index (χ1) is 10.4. The second-order valence-electron chi connectivity index (χ2n) is 5.21. The zero-order valence-electron chi connectivity index (χ0n) is 13.8. The molecule has 2 amide bonds. The van der Waals surface area contributed by atoms with Crippen molar-refractivity contribution in [1.82, 2.24) is 29.9 Å². The molecule has 2 aromatic heterocycles. The second-order valence-corrected chi connectivity index (χ2v) is 5.21. The molecule has 2 N–H and O–H groups in total. The minimum absolute atomic E-state index is 0.247. The average molecular weight is 305 g/mol. The van der Waals surface area contributed by atoms with Crippen LogP contribution in [0.2, 0.25) is 0 Å². The van der Waals surface area contributed by atoms with Crippen LogP contribution in [0, 0.1) is 20.8 Å². The fourth-order valence-corrected chi connectivity index (χ4v) is 2.40. The third-order valence-corrected chi connectivity index (χ3v) is 3.52. The monoisotopic (exact) mass is 305 g/mol. The largest absolute Gasteiger partial charge is 0.336 e. The number of urea groups is 1. The molecule has 0 aliphatic rings. The Kier molecular flexibility index (Phi) is 4.79. The van der Waals surface area contributed by atoms with Crippen LogP contribution in [0.5, 0.6) is 0 Å². The molecule has 2 heterocycles. The molecule has 0 saturated carbocycles. The number of nitrogens with zero attached hydrogens (tertiary/aromatic N) is 5. The Morgan fingerprint density at radius 1 is 1.23 bits per heavy atom. The minimum atomic E-state index is -0.247. The van der Waals surface area contributed by atoms with Crippen molar-refractivity contribution in [1.29, 1.82) is 0 Å². The molecule has 0 spiro atoms. The molecule has 8 heteroatoms. The van der Waals surface area contributed by atoms with Crippen molar-refractivity contribution in [3.05, 3.63) is 22.9 Å². The van der Waals surface area contributed by atoms with E-state index < -0.39 is 0 Å². The number of anilines is 1. The lowest BCUT2D eigenvalue weighted by Gasteiger charge is -2.09. The molecule has 8 nitrogen and oxygen atoms in total. The summed E-state index contributed by atoms with van der Waals surface area (Å²) in [5, 5.41) is 14.3. The lowest BCUT2D eigenvalue weighted by atomic mass is 10.2. The van der Waals surface area contributed by atoms with E-state index in [1.807, 2.05) is 34.7 Å². The van der Waals surface area contributed by atoms with Gasteiger partial charge in [0, 0.05) is 19.2 Å². The van der Waals surface area contributed by atoms with Gasteiger partial charge in [-0.25, -0.2) is 14.5 Å². The molecular weight excluding hydrogens is 282 g/mol. The normalized spacial score (nSPS) is 10.8.